The lowest BCUT2D eigenvalue weighted by atomic mass is 10.1. The summed E-state index contributed by atoms with van der Waals surface area (Å²) >= 11 is 8.15. The number of anilines is 2. The van der Waals surface area contributed by atoms with Crippen LogP contribution in [0.25, 0.3) is 0 Å². The predicted molar refractivity (Wildman–Crippen MR) is 102 cm³/mol. The van der Waals surface area contributed by atoms with Crippen LogP contribution in [0, 0.1) is 3.57 Å². The molecule has 3 rings (SSSR count). The topological polar surface area (TPSA) is 86.7 Å². The van der Waals surface area contributed by atoms with Crippen LogP contribution in [0.15, 0.2) is 59.3 Å². The maximum absolute atomic E-state index is 12.6. The van der Waals surface area contributed by atoms with E-state index in [0.29, 0.717) is 5.69 Å². The zero-order chi connectivity index (χ0) is 18.1. The highest BCUT2D eigenvalue weighted by Gasteiger charge is 2.39. The van der Waals surface area contributed by atoms with Gasteiger partial charge in [0.05, 0.1) is 16.9 Å². The number of amides is 2. The SMILES string of the molecule is O=C(O)c1ccccc1NC1=C(Cl)C(=O)N(c2ccc(I)cc2)C1=O. The molecule has 1 aliphatic rings. The molecule has 8 heteroatoms. The first-order valence-corrected chi connectivity index (χ1v) is 8.49. The van der Waals surface area contributed by atoms with Crippen LogP contribution in [-0.4, -0.2) is 22.9 Å². The van der Waals surface area contributed by atoms with Gasteiger partial charge in [-0.15, -0.1) is 0 Å². The van der Waals surface area contributed by atoms with Gasteiger partial charge in [-0.2, -0.15) is 0 Å². The monoisotopic (exact) mass is 468 g/mol. The van der Waals surface area contributed by atoms with Crippen molar-refractivity contribution in [1.82, 2.24) is 0 Å². The van der Waals surface area contributed by atoms with Gasteiger partial charge in [0.25, 0.3) is 11.8 Å². The third kappa shape index (κ3) is 3.24. The molecule has 0 atom stereocenters. The van der Waals surface area contributed by atoms with Crippen LogP contribution < -0.4 is 10.2 Å². The summed E-state index contributed by atoms with van der Waals surface area (Å²) in [5, 5.41) is 11.6. The molecule has 0 saturated carbocycles. The van der Waals surface area contributed by atoms with Crippen LogP contribution in [0.2, 0.25) is 0 Å². The number of halogens is 2. The summed E-state index contributed by atoms with van der Waals surface area (Å²) < 4.78 is 0.952. The molecule has 0 unspecified atom stereocenters. The number of benzene rings is 2. The van der Waals surface area contributed by atoms with Crippen molar-refractivity contribution in [1.29, 1.82) is 0 Å². The van der Waals surface area contributed by atoms with Gasteiger partial charge in [0.15, 0.2) is 0 Å². The van der Waals surface area contributed by atoms with Crippen molar-refractivity contribution in [3.63, 3.8) is 0 Å². The smallest absolute Gasteiger partial charge is 0.337 e. The highest BCUT2D eigenvalue weighted by atomic mass is 127. The summed E-state index contributed by atoms with van der Waals surface area (Å²) in [6.07, 6.45) is 0. The minimum absolute atomic E-state index is 0.0348. The summed E-state index contributed by atoms with van der Waals surface area (Å²) in [5.41, 5.74) is 0.372. The Kier molecular flexibility index (Phi) is 4.78. The molecule has 6 nitrogen and oxygen atoms in total. The Balaban J connectivity index is 1.95. The van der Waals surface area contributed by atoms with E-state index >= 15 is 0 Å². The Morgan fingerprint density at radius 2 is 1.68 bits per heavy atom. The third-order valence-corrected chi connectivity index (χ3v) is 4.60. The number of carboxylic acid groups (broad SMARTS) is 1. The van der Waals surface area contributed by atoms with Crippen LogP contribution >= 0.6 is 34.2 Å². The Labute approximate surface area is 161 Å². The molecule has 0 radical (unpaired) electrons. The van der Waals surface area contributed by atoms with Crippen molar-refractivity contribution in [3.05, 3.63) is 68.4 Å². The Bertz CT molecular complexity index is 925. The van der Waals surface area contributed by atoms with E-state index < -0.39 is 17.8 Å². The van der Waals surface area contributed by atoms with E-state index in [1.807, 2.05) is 0 Å². The van der Waals surface area contributed by atoms with Gasteiger partial charge in [0, 0.05) is 3.57 Å². The van der Waals surface area contributed by atoms with E-state index in [4.69, 9.17) is 11.6 Å². The molecule has 0 aromatic heterocycles. The van der Waals surface area contributed by atoms with Crippen molar-refractivity contribution in [2.24, 2.45) is 0 Å². The Morgan fingerprint density at radius 1 is 1.04 bits per heavy atom. The van der Waals surface area contributed by atoms with E-state index in [-0.39, 0.29) is 22.0 Å². The second-order valence-electron chi connectivity index (χ2n) is 5.09. The van der Waals surface area contributed by atoms with Gasteiger partial charge < -0.3 is 10.4 Å². The third-order valence-electron chi connectivity index (χ3n) is 3.53. The first-order valence-electron chi connectivity index (χ1n) is 7.03. The number of rotatable bonds is 4. The molecule has 25 heavy (non-hydrogen) atoms. The molecule has 1 aliphatic heterocycles. The average molecular weight is 469 g/mol. The van der Waals surface area contributed by atoms with Crippen molar-refractivity contribution in [2.75, 3.05) is 10.2 Å². The lowest BCUT2D eigenvalue weighted by Crippen LogP contribution is -2.32. The highest BCUT2D eigenvalue weighted by Crippen LogP contribution is 2.31. The number of nitrogens with zero attached hydrogens (tertiary/aromatic N) is 1. The van der Waals surface area contributed by atoms with E-state index in [9.17, 15) is 19.5 Å². The van der Waals surface area contributed by atoms with Crippen molar-refractivity contribution in [2.45, 2.75) is 0 Å². The fraction of sp³-hybridized carbons (Fsp3) is 0. The summed E-state index contributed by atoms with van der Waals surface area (Å²) in [5.74, 6) is -2.47. The van der Waals surface area contributed by atoms with Gasteiger partial charge in [0.2, 0.25) is 0 Å². The van der Waals surface area contributed by atoms with E-state index in [1.165, 1.54) is 12.1 Å². The van der Waals surface area contributed by atoms with Crippen LogP contribution in [-0.2, 0) is 9.59 Å². The summed E-state index contributed by atoms with van der Waals surface area (Å²) in [4.78, 5) is 37.3. The molecule has 2 N–H and O–H groups in total. The zero-order valence-electron chi connectivity index (χ0n) is 12.5. The molecule has 2 aromatic rings. The molecule has 0 bridgehead atoms. The van der Waals surface area contributed by atoms with Gasteiger partial charge in [-0.3, -0.25) is 9.59 Å². The quantitative estimate of drug-likeness (QED) is 0.530. The average Bonchev–Trinajstić information content (AvgIpc) is 2.80. The minimum Gasteiger partial charge on any atom is -0.478 e. The number of aromatic carboxylic acids is 1. The number of carbonyl (C=O) groups is 3. The first kappa shape index (κ1) is 17.4. The van der Waals surface area contributed by atoms with Crippen LogP contribution in [0.4, 0.5) is 11.4 Å². The molecule has 1 heterocycles. The number of carbonyl (C=O) groups excluding carboxylic acids is 2. The minimum atomic E-state index is -1.16. The lowest BCUT2D eigenvalue weighted by Gasteiger charge is -2.15. The fourth-order valence-electron chi connectivity index (χ4n) is 2.35. The number of carboxylic acids is 1. The van der Waals surface area contributed by atoms with Gasteiger partial charge >= 0.3 is 5.97 Å². The number of imide groups is 1. The molecule has 2 aromatic carbocycles. The second-order valence-corrected chi connectivity index (χ2v) is 6.71. The lowest BCUT2D eigenvalue weighted by molar-refractivity contribution is -0.120. The second kappa shape index (κ2) is 6.85. The first-order chi connectivity index (χ1) is 11.9. The van der Waals surface area contributed by atoms with Crippen LogP contribution in [0.1, 0.15) is 10.4 Å². The largest absolute Gasteiger partial charge is 0.478 e. The summed E-state index contributed by atoms with van der Waals surface area (Å²) in [6.45, 7) is 0. The molecular formula is C17H10ClIN2O4. The molecule has 2 amide bonds. The van der Waals surface area contributed by atoms with Gasteiger partial charge in [-0.1, -0.05) is 23.7 Å². The Morgan fingerprint density at radius 3 is 2.32 bits per heavy atom. The molecule has 126 valence electrons. The van der Waals surface area contributed by atoms with Crippen molar-refractivity contribution >= 4 is 63.4 Å². The van der Waals surface area contributed by atoms with Crippen molar-refractivity contribution < 1.29 is 19.5 Å². The number of hydrogen-bond acceptors (Lipinski definition) is 4. The molecule has 0 aliphatic carbocycles. The molecule has 0 spiro atoms. The van der Waals surface area contributed by atoms with E-state index in [1.54, 1.807) is 36.4 Å². The molecular weight excluding hydrogens is 459 g/mol. The van der Waals surface area contributed by atoms with Gasteiger partial charge in [-0.25, -0.2) is 9.69 Å². The molecule has 0 saturated heterocycles. The van der Waals surface area contributed by atoms with Crippen LogP contribution in [0.5, 0.6) is 0 Å². The maximum atomic E-state index is 12.6. The zero-order valence-corrected chi connectivity index (χ0v) is 15.4. The van der Waals surface area contributed by atoms with Crippen LogP contribution in [0.3, 0.4) is 0 Å². The number of para-hydroxylation sites is 1. The molecule has 0 fully saturated rings. The standard InChI is InChI=1S/C17H10ClIN2O4/c18-13-14(20-12-4-2-1-3-11(12)17(24)25)16(23)21(15(13)22)10-7-5-9(19)6-8-10/h1-8,20H,(H,24,25). The normalized spacial score (nSPS) is 14.2. The maximum Gasteiger partial charge on any atom is 0.337 e. The highest BCUT2D eigenvalue weighted by molar-refractivity contribution is 14.1. The van der Waals surface area contributed by atoms with Gasteiger partial charge in [-0.05, 0) is 59.0 Å². The van der Waals surface area contributed by atoms with Crippen molar-refractivity contribution in [3.8, 4) is 0 Å². The van der Waals surface area contributed by atoms with E-state index in [2.05, 4.69) is 27.9 Å². The summed E-state index contributed by atoms with van der Waals surface area (Å²) in [7, 11) is 0. The van der Waals surface area contributed by atoms with Gasteiger partial charge in [0.1, 0.15) is 10.7 Å². The Hall–Kier alpha value is -2.39. The number of hydrogen-bond donors (Lipinski definition) is 2. The fourth-order valence-corrected chi connectivity index (χ4v) is 2.92. The van der Waals surface area contributed by atoms with E-state index in [0.717, 1.165) is 8.47 Å². The predicted octanol–water partition coefficient (Wildman–Crippen LogP) is 3.43. The summed E-state index contributed by atoms with van der Waals surface area (Å²) in [6, 6.07) is 12.8. The number of nitrogens with one attached hydrogen (secondary N) is 1.